The maximum atomic E-state index is 11.7. The molecular formula is C14H26N2O2. The first-order valence-electron chi connectivity index (χ1n) is 7.36. The Morgan fingerprint density at radius 1 is 1.28 bits per heavy atom. The maximum Gasteiger partial charge on any atom is 0.322 e. The molecule has 18 heavy (non-hydrogen) atoms. The van der Waals surface area contributed by atoms with E-state index < -0.39 is 0 Å². The van der Waals surface area contributed by atoms with E-state index in [0.717, 1.165) is 13.0 Å². The number of carbonyl (C=O) groups is 1. The number of nitrogens with one attached hydrogen (secondary N) is 1. The van der Waals surface area contributed by atoms with Gasteiger partial charge in [-0.25, -0.2) is 0 Å². The monoisotopic (exact) mass is 254 g/mol. The predicted molar refractivity (Wildman–Crippen MR) is 71.5 cm³/mol. The first kappa shape index (κ1) is 13.8. The van der Waals surface area contributed by atoms with Crippen LogP contribution in [0.4, 0.5) is 0 Å². The van der Waals surface area contributed by atoms with Crippen molar-refractivity contribution in [2.24, 2.45) is 0 Å². The van der Waals surface area contributed by atoms with Crippen molar-refractivity contribution in [1.82, 2.24) is 10.2 Å². The first-order chi connectivity index (χ1) is 8.79. The molecule has 1 saturated heterocycles. The Hall–Kier alpha value is -0.610. The molecule has 0 aromatic heterocycles. The van der Waals surface area contributed by atoms with E-state index in [1.807, 2.05) is 0 Å². The van der Waals surface area contributed by atoms with E-state index in [9.17, 15) is 4.79 Å². The highest BCUT2D eigenvalue weighted by molar-refractivity contribution is 5.75. The van der Waals surface area contributed by atoms with Gasteiger partial charge in [0.2, 0.25) is 0 Å². The molecule has 2 aliphatic rings. The fraction of sp³-hybridized carbons (Fsp3) is 0.929. The zero-order valence-corrected chi connectivity index (χ0v) is 11.5. The van der Waals surface area contributed by atoms with Crippen LogP contribution in [0.2, 0.25) is 0 Å². The third kappa shape index (κ3) is 4.58. The van der Waals surface area contributed by atoms with Gasteiger partial charge in [-0.15, -0.1) is 0 Å². The van der Waals surface area contributed by atoms with Crippen LogP contribution in [0.25, 0.3) is 0 Å². The summed E-state index contributed by atoms with van der Waals surface area (Å²) in [6.07, 6.45) is 8.62. The topological polar surface area (TPSA) is 41.6 Å². The molecule has 1 atom stereocenters. The molecule has 0 aromatic carbocycles. The Labute approximate surface area is 110 Å². The Morgan fingerprint density at radius 2 is 1.94 bits per heavy atom. The minimum atomic E-state index is -0.106. The zero-order valence-electron chi connectivity index (χ0n) is 11.5. The molecule has 0 aromatic rings. The van der Waals surface area contributed by atoms with Gasteiger partial charge in [-0.2, -0.15) is 0 Å². The number of ether oxygens (including phenoxy) is 1. The summed E-state index contributed by atoms with van der Waals surface area (Å²) in [6, 6.07) is 0.448. The number of nitrogens with zero attached hydrogens (tertiary/aromatic N) is 1. The van der Waals surface area contributed by atoms with Gasteiger partial charge in [0.05, 0.1) is 7.11 Å². The Balaban J connectivity index is 1.74. The van der Waals surface area contributed by atoms with Gasteiger partial charge >= 0.3 is 5.97 Å². The molecule has 1 aliphatic carbocycles. The minimum absolute atomic E-state index is 0.100. The maximum absolute atomic E-state index is 11.7. The molecule has 2 fully saturated rings. The molecule has 1 saturated carbocycles. The molecule has 1 heterocycles. The normalized spacial score (nSPS) is 23.4. The van der Waals surface area contributed by atoms with Crippen molar-refractivity contribution in [3.05, 3.63) is 0 Å². The Kier molecular flexibility index (Phi) is 5.45. The molecular weight excluding hydrogens is 228 g/mol. The minimum Gasteiger partial charge on any atom is -0.468 e. The van der Waals surface area contributed by atoms with E-state index >= 15 is 0 Å². The van der Waals surface area contributed by atoms with E-state index in [-0.39, 0.29) is 12.0 Å². The predicted octanol–water partition coefficient (Wildman–Crippen LogP) is 1.55. The Bertz CT molecular complexity index is 259. The van der Waals surface area contributed by atoms with Crippen LogP contribution in [0.5, 0.6) is 0 Å². The smallest absolute Gasteiger partial charge is 0.322 e. The van der Waals surface area contributed by atoms with Crippen LogP contribution in [-0.4, -0.2) is 49.7 Å². The molecule has 104 valence electrons. The van der Waals surface area contributed by atoms with Crippen LogP contribution in [0, 0.1) is 0 Å². The molecule has 0 radical (unpaired) electrons. The summed E-state index contributed by atoms with van der Waals surface area (Å²) >= 11 is 0. The highest BCUT2D eigenvalue weighted by atomic mass is 16.5. The van der Waals surface area contributed by atoms with Crippen molar-refractivity contribution in [1.29, 1.82) is 0 Å². The van der Waals surface area contributed by atoms with Crippen LogP contribution in [0.3, 0.4) is 0 Å². The average Bonchev–Trinajstić information content (AvgIpc) is 3.20. The number of hydrogen-bond acceptors (Lipinski definition) is 4. The fourth-order valence-corrected chi connectivity index (χ4v) is 2.62. The quantitative estimate of drug-likeness (QED) is 0.730. The lowest BCUT2D eigenvalue weighted by atomic mass is 10.2. The first-order valence-corrected chi connectivity index (χ1v) is 7.36. The summed E-state index contributed by atoms with van der Waals surface area (Å²) < 4.78 is 4.89. The fourth-order valence-electron chi connectivity index (χ4n) is 2.62. The van der Waals surface area contributed by atoms with Gasteiger partial charge in [-0.3, -0.25) is 4.79 Å². The van der Waals surface area contributed by atoms with Crippen molar-refractivity contribution in [2.75, 3.05) is 26.7 Å². The summed E-state index contributed by atoms with van der Waals surface area (Å²) in [5, 5.41) is 3.40. The number of likely N-dealkylation sites (tertiary alicyclic amines) is 1. The van der Waals surface area contributed by atoms with Crippen LogP contribution in [0.15, 0.2) is 0 Å². The third-order valence-electron chi connectivity index (χ3n) is 3.93. The zero-order chi connectivity index (χ0) is 12.8. The molecule has 1 aliphatic heterocycles. The van der Waals surface area contributed by atoms with E-state index in [1.165, 1.54) is 58.7 Å². The molecule has 0 bridgehead atoms. The third-order valence-corrected chi connectivity index (χ3v) is 3.93. The van der Waals surface area contributed by atoms with Crippen molar-refractivity contribution >= 4 is 5.97 Å². The number of hydrogen-bond donors (Lipinski definition) is 1. The van der Waals surface area contributed by atoms with Crippen LogP contribution in [0.1, 0.15) is 44.9 Å². The standard InChI is InChI=1S/C14H26N2O2/c1-18-14(17)13(15-12-6-7-12)8-11-16-9-4-2-3-5-10-16/h12-13,15H,2-11H2,1H3. The number of methoxy groups -OCH3 is 1. The lowest BCUT2D eigenvalue weighted by Crippen LogP contribution is -2.42. The van der Waals surface area contributed by atoms with E-state index in [4.69, 9.17) is 4.74 Å². The van der Waals surface area contributed by atoms with Gasteiger partial charge in [-0.1, -0.05) is 12.8 Å². The molecule has 0 spiro atoms. The summed E-state index contributed by atoms with van der Waals surface area (Å²) in [5.74, 6) is -0.100. The molecule has 1 N–H and O–H groups in total. The largest absolute Gasteiger partial charge is 0.468 e. The molecule has 2 rings (SSSR count). The van der Waals surface area contributed by atoms with Crippen LogP contribution < -0.4 is 5.32 Å². The lowest BCUT2D eigenvalue weighted by Gasteiger charge is -2.23. The lowest BCUT2D eigenvalue weighted by molar-refractivity contribution is -0.143. The summed E-state index contributed by atoms with van der Waals surface area (Å²) in [4.78, 5) is 14.2. The van der Waals surface area contributed by atoms with Crippen LogP contribution >= 0.6 is 0 Å². The summed E-state index contributed by atoms with van der Waals surface area (Å²) in [6.45, 7) is 3.40. The summed E-state index contributed by atoms with van der Waals surface area (Å²) in [7, 11) is 1.48. The summed E-state index contributed by atoms with van der Waals surface area (Å²) in [5.41, 5.74) is 0. The number of esters is 1. The molecule has 4 heteroatoms. The SMILES string of the molecule is COC(=O)C(CCN1CCCCCC1)NC1CC1. The van der Waals surface area contributed by atoms with Gasteiger partial charge in [0.15, 0.2) is 0 Å². The van der Waals surface area contributed by atoms with Crippen LogP contribution in [-0.2, 0) is 9.53 Å². The molecule has 0 amide bonds. The highest BCUT2D eigenvalue weighted by Crippen LogP contribution is 2.20. The van der Waals surface area contributed by atoms with Gasteiger partial charge in [-0.05, 0) is 45.2 Å². The second kappa shape index (κ2) is 7.10. The second-order valence-corrected chi connectivity index (χ2v) is 5.56. The van der Waals surface area contributed by atoms with Crippen molar-refractivity contribution in [3.8, 4) is 0 Å². The second-order valence-electron chi connectivity index (χ2n) is 5.56. The van der Waals surface area contributed by atoms with E-state index in [1.54, 1.807) is 0 Å². The van der Waals surface area contributed by atoms with Crippen molar-refractivity contribution < 1.29 is 9.53 Å². The van der Waals surface area contributed by atoms with Crippen molar-refractivity contribution in [3.63, 3.8) is 0 Å². The molecule has 1 unspecified atom stereocenters. The van der Waals surface area contributed by atoms with E-state index in [0.29, 0.717) is 6.04 Å². The highest BCUT2D eigenvalue weighted by Gasteiger charge is 2.29. The van der Waals surface area contributed by atoms with E-state index in [2.05, 4.69) is 10.2 Å². The molecule has 4 nitrogen and oxygen atoms in total. The Morgan fingerprint density at radius 3 is 2.50 bits per heavy atom. The van der Waals surface area contributed by atoms with Crippen molar-refractivity contribution in [2.45, 2.75) is 57.0 Å². The van der Waals surface area contributed by atoms with Gasteiger partial charge in [0.25, 0.3) is 0 Å². The van der Waals surface area contributed by atoms with Gasteiger partial charge in [0.1, 0.15) is 6.04 Å². The van der Waals surface area contributed by atoms with Gasteiger partial charge < -0.3 is 15.0 Å². The number of rotatable bonds is 6. The average molecular weight is 254 g/mol. The number of carbonyl (C=O) groups excluding carboxylic acids is 1. The van der Waals surface area contributed by atoms with Gasteiger partial charge in [0, 0.05) is 12.6 Å².